The van der Waals surface area contributed by atoms with E-state index in [1.54, 1.807) is 0 Å². The number of nitrogens with zero attached hydrogens (tertiary/aromatic N) is 1. The number of hydrogen-bond acceptors (Lipinski definition) is 4. The summed E-state index contributed by atoms with van der Waals surface area (Å²) in [5.74, 6) is 2.54. The smallest absolute Gasteiger partial charge is 0.0547 e. The Morgan fingerprint density at radius 1 is 1.60 bits per heavy atom. The zero-order chi connectivity index (χ0) is 10.7. The second-order valence-corrected chi connectivity index (χ2v) is 6.05. The van der Waals surface area contributed by atoms with Crippen LogP contribution in [-0.4, -0.2) is 55.3 Å². The molecule has 0 amide bonds. The van der Waals surface area contributed by atoms with Crippen LogP contribution in [0.15, 0.2) is 0 Å². The van der Waals surface area contributed by atoms with Gasteiger partial charge in [0.25, 0.3) is 0 Å². The molecule has 0 saturated carbocycles. The first-order valence-corrected chi connectivity index (χ1v) is 7.01. The van der Waals surface area contributed by atoms with Gasteiger partial charge < -0.3 is 10.5 Å². The molecule has 0 aromatic carbocycles. The Hall–Kier alpha value is 0.230. The molecule has 0 bridgehead atoms. The fraction of sp³-hybridized carbons (Fsp3) is 1.00. The molecule has 0 spiro atoms. The third kappa shape index (κ3) is 2.67. The van der Waals surface area contributed by atoms with Gasteiger partial charge in [0.05, 0.1) is 6.61 Å². The van der Waals surface area contributed by atoms with Crippen LogP contribution in [0, 0.1) is 5.41 Å². The fourth-order valence-corrected chi connectivity index (χ4v) is 3.51. The summed E-state index contributed by atoms with van der Waals surface area (Å²) in [5.41, 5.74) is 6.17. The number of rotatable bonds is 3. The lowest BCUT2D eigenvalue weighted by Gasteiger charge is -2.39. The van der Waals surface area contributed by atoms with Crippen LogP contribution in [-0.2, 0) is 4.74 Å². The van der Waals surface area contributed by atoms with Gasteiger partial charge in [0.15, 0.2) is 0 Å². The van der Waals surface area contributed by atoms with Gasteiger partial charge in [0.2, 0.25) is 0 Å². The largest absolute Gasteiger partial charge is 0.381 e. The summed E-state index contributed by atoms with van der Waals surface area (Å²) >= 11 is 2.07. The number of hydrogen-bond donors (Lipinski definition) is 1. The molecule has 2 heterocycles. The molecule has 2 atom stereocenters. The SMILES string of the molecule is CC1CSCCN1CC1(CN)CCOC1. The highest BCUT2D eigenvalue weighted by Crippen LogP contribution is 2.30. The molecule has 0 aromatic rings. The first-order valence-electron chi connectivity index (χ1n) is 5.85. The van der Waals surface area contributed by atoms with E-state index >= 15 is 0 Å². The van der Waals surface area contributed by atoms with Crippen molar-refractivity contribution in [2.24, 2.45) is 11.1 Å². The fourth-order valence-electron chi connectivity index (χ4n) is 2.43. The quantitative estimate of drug-likeness (QED) is 0.778. The number of ether oxygens (including phenoxy) is 1. The molecule has 4 heteroatoms. The van der Waals surface area contributed by atoms with Gasteiger partial charge in [-0.15, -0.1) is 0 Å². The Morgan fingerprint density at radius 2 is 2.47 bits per heavy atom. The van der Waals surface area contributed by atoms with Crippen molar-refractivity contribution >= 4 is 11.8 Å². The van der Waals surface area contributed by atoms with Crippen LogP contribution >= 0.6 is 11.8 Å². The average Bonchev–Trinajstić information content (AvgIpc) is 2.71. The van der Waals surface area contributed by atoms with Crippen molar-refractivity contribution in [1.82, 2.24) is 4.90 Å². The Kier molecular flexibility index (Phi) is 3.93. The van der Waals surface area contributed by atoms with Crippen molar-refractivity contribution in [3.8, 4) is 0 Å². The molecule has 3 nitrogen and oxygen atoms in total. The third-order valence-corrected chi connectivity index (χ3v) is 4.85. The highest BCUT2D eigenvalue weighted by atomic mass is 32.2. The molecule has 2 rings (SSSR count). The van der Waals surface area contributed by atoms with Gasteiger partial charge in [-0.1, -0.05) is 0 Å². The highest BCUT2D eigenvalue weighted by molar-refractivity contribution is 7.99. The summed E-state index contributed by atoms with van der Waals surface area (Å²) < 4.78 is 5.52. The second kappa shape index (κ2) is 5.04. The number of nitrogens with two attached hydrogens (primary N) is 1. The van der Waals surface area contributed by atoms with Crippen LogP contribution < -0.4 is 5.73 Å². The van der Waals surface area contributed by atoms with Crippen molar-refractivity contribution in [2.75, 3.05) is 44.4 Å². The van der Waals surface area contributed by atoms with Crippen LogP contribution in [0.4, 0.5) is 0 Å². The van der Waals surface area contributed by atoms with E-state index < -0.39 is 0 Å². The highest BCUT2D eigenvalue weighted by Gasteiger charge is 2.36. The molecule has 0 aliphatic carbocycles. The van der Waals surface area contributed by atoms with Gasteiger partial charge in [-0.2, -0.15) is 11.8 Å². The van der Waals surface area contributed by atoms with Crippen molar-refractivity contribution in [3.63, 3.8) is 0 Å². The summed E-state index contributed by atoms with van der Waals surface area (Å²) in [6, 6.07) is 0.702. The second-order valence-electron chi connectivity index (χ2n) is 4.90. The Balaban J connectivity index is 1.93. The zero-order valence-electron chi connectivity index (χ0n) is 9.58. The Bertz CT molecular complexity index is 207. The van der Waals surface area contributed by atoms with E-state index in [4.69, 9.17) is 10.5 Å². The lowest BCUT2D eigenvalue weighted by Crippen LogP contribution is -2.49. The molecule has 88 valence electrons. The summed E-state index contributed by atoms with van der Waals surface area (Å²) in [5, 5.41) is 0. The van der Waals surface area contributed by atoms with Crippen molar-refractivity contribution < 1.29 is 4.74 Å². The van der Waals surface area contributed by atoms with E-state index in [9.17, 15) is 0 Å². The zero-order valence-corrected chi connectivity index (χ0v) is 10.4. The van der Waals surface area contributed by atoms with Crippen molar-refractivity contribution in [3.05, 3.63) is 0 Å². The van der Waals surface area contributed by atoms with Crippen LogP contribution in [0.2, 0.25) is 0 Å². The molecule has 2 N–H and O–H groups in total. The topological polar surface area (TPSA) is 38.5 Å². The van der Waals surface area contributed by atoms with Gasteiger partial charge in [-0.3, -0.25) is 4.90 Å². The lowest BCUT2D eigenvalue weighted by molar-refractivity contribution is 0.102. The standard InChI is InChI=1S/C11H22N2OS/c1-10-6-15-5-3-13(10)8-11(7-12)2-4-14-9-11/h10H,2-9,12H2,1H3. The van der Waals surface area contributed by atoms with Gasteiger partial charge in [0.1, 0.15) is 0 Å². The minimum atomic E-state index is 0.246. The normalized spacial score (nSPS) is 38.4. The van der Waals surface area contributed by atoms with Gasteiger partial charge >= 0.3 is 0 Å². The molecule has 15 heavy (non-hydrogen) atoms. The van der Waals surface area contributed by atoms with Crippen LogP contribution in [0.25, 0.3) is 0 Å². The molecule has 2 aliphatic heterocycles. The Morgan fingerprint density at radius 3 is 3.07 bits per heavy atom. The summed E-state index contributed by atoms with van der Waals surface area (Å²) in [6.07, 6.45) is 1.14. The van der Waals surface area contributed by atoms with Crippen molar-refractivity contribution in [1.29, 1.82) is 0 Å². The van der Waals surface area contributed by atoms with E-state index in [-0.39, 0.29) is 5.41 Å². The van der Waals surface area contributed by atoms with Crippen LogP contribution in [0.3, 0.4) is 0 Å². The lowest BCUT2D eigenvalue weighted by atomic mass is 9.86. The predicted molar refractivity (Wildman–Crippen MR) is 65.3 cm³/mol. The maximum absolute atomic E-state index is 5.92. The summed E-state index contributed by atoms with van der Waals surface area (Å²) in [6.45, 7) is 7.20. The van der Waals surface area contributed by atoms with E-state index in [0.29, 0.717) is 6.04 Å². The van der Waals surface area contributed by atoms with E-state index in [2.05, 4.69) is 23.6 Å². The van der Waals surface area contributed by atoms with Gasteiger partial charge in [0, 0.05) is 49.2 Å². The average molecular weight is 230 g/mol. The van der Waals surface area contributed by atoms with Crippen LogP contribution in [0.5, 0.6) is 0 Å². The van der Waals surface area contributed by atoms with Crippen molar-refractivity contribution in [2.45, 2.75) is 19.4 Å². The molecule has 2 saturated heterocycles. The maximum atomic E-state index is 5.92. The summed E-state index contributed by atoms with van der Waals surface area (Å²) in [4.78, 5) is 2.60. The van der Waals surface area contributed by atoms with Crippen LogP contribution in [0.1, 0.15) is 13.3 Å². The minimum absolute atomic E-state index is 0.246. The molecule has 2 unspecified atom stereocenters. The molecule has 0 aromatic heterocycles. The monoisotopic (exact) mass is 230 g/mol. The maximum Gasteiger partial charge on any atom is 0.0547 e. The number of thioether (sulfide) groups is 1. The first kappa shape index (κ1) is 11.7. The third-order valence-electron chi connectivity index (χ3n) is 3.66. The molecular formula is C11H22N2OS. The molecule has 2 fully saturated rings. The van der Waals surface area contributed by atoms with E-state index in [0.717, 1.165) is 32.7 Å². The minimum Gasteiger partial charge on any atom is -0.381 e. The van der Waals surface area contributed by atoms with E-state index in [1.165, 1.54) is 18.1 Å². The summed E-state index contributed by atoms with van der Waals surface area (Å²) in [7, 11) is 0. The van der Waals surface area contributed by atoms with E-state index in [1.807, 2.05) is 0 Å². The molecular weight excluding hydrogens is 208 g/mol. The molecule has 0 radical (unpaired) electrons. The Labute approximate surface area is 96.7 Å². The molecule has 2 aliphatic rings. The first-order chi connectivity index (χ1) is 7.26. The van der Waals surface area contributed by atoms with Gasteiger partial charge in [-0.05, 0) is 13.3 Å². The van der Waals surface area contributed by atoms with Gasteiger partial charge in [-0.25, -0.2) is 0 Å². The predicted octanol–water partition coefficient (Wildman–Crippen LogP) is 0.789.